The van der Waals surface area contributed by atoms with Crippen LogP contribution >= 0.6 is 11.6 Å². The van der Waals surface area contributed by atoms with Crippen molar-refractivity contribution in [1.82, 2.24) is 9.47 Å². The molecule has 1 amide bonds. The lowest BCUT2D eigenvalue weighted by Crippen LogP contribution is -2.32. The summed E-state index contributed by atoms with van der Waals surface area (Å²) in [6.45, 7) is 4.26. The molecule has 0 bridgehead atoms. The van der Waals surface area contributed by atoms with Crippen LogP contribution in [0.3, 0.4) is 0 Å². The van der Waals surface area contributed by atoms with Gasteiger partial charge in [0.25, 0.3) is 5.91 Å². The number of aromatic nitrogens is 1. The number of unbranched alkanes of at least 4 members (excludes halogenated alkanes) is 2. The molecule has 4 aromatic rings. The zero-order valence-electron chi connectivity index (χ0n) is 18.5. The molecular formula is C28H29ClN2O. The van der Waals surface area contributed by atoms with Gasteiger partial charge < -0.3 is 9.47 Å². The highest BCUT2D eigenvalue weighted by atomic mass is 35.5. The van der Waals surface area contributed by atoms with Crippen LogP contribution in [-0.4, -0.2) is 21.9 Å². The molecule has 3 aromatic carbocycles. The highest BCUT2D eigenvalue weighted by molar-refractivity contribution is 6.30. The molecule has 0 aliphatic carbocycles. The summed E-state index contributed by atoms with van der Waals surface area (Å²) in [6.07, 6.45) is 5.32. The maximum atomic E-state index is 13.5. The average molecular weight is 445 g/mol. The van der Waals surface area contributed by atoms with Crippen molar-refractivity contribution >= 4 is 28.3 Å². The SMILES string of the molecule is CCCCCN(Cc1cccn1Cc1cccc(Cl)c1)C(=O)c1ccc2ccccc2c1. The number of hydrogen-bond donors (Lipinski definition) is 0. The largest absolute Gasteiger partial charge is 0.345 e. The van der Waals surface area contributed by atoms with E-state index >= 15 is 0 Å². The number of benzene rings is 3. The summed E-state index contributed by atoms with van der Waals surface area (Å²) >= 11 is 6.17. The first-order valence-electron chi connectivity index (χ1n) is 11.3. The predicted molar refractivity (Wildman–Crippen MR) is 133 cm³/mol. The molecule has 1 heterocycles. The topological polar surface area (TPSA) is 25.2 Å². The van der Waals surface area contributed by atoms with E-state index in [1.807, 2.05) is 59.5 Å². The highest BCUT2D eigenvalue weighted by Crippen LogP contribution is 2.20. The third kappa shape index (κ3) is 5.41. The van der Waals surface area contributed by atoms with Crippen LogP contribution < -0.4 is 0 Å². The Bertz CT molecular complexity index is 1200. The maximum Gasteiger partial charge on any atom is 0.254 e. The van der Waals surface area contributed by atoms with Gasteiger partial charge in [0.1, 0.15) is 0 Å². The van der Waals surface area contributed by atoms with Gasteiger partial charge in [-0.3, -0.25) is 4.79 Å². The molecule has 0 aliphatic heterocycles. The predicted octanol–water partition coefficient (Wildman–Crippen LogP) is 7.18. The van der Waals surface area contributed by atoms with Crippen molar-refractivity contribution in [2.24, 2.45) is 0 Å². The van der Waals surface area contributed by atoms with Crippen LogP contribution in [0, 0.1) is 0 Å². The standard InChI is InChI=1S/C28H29ClN2O/c1-2-3-6-16-31(28(32)25-15-14-23-10-4-5-11-24(23)19-25)21-27-13-8-17-30(27)20-22-9-7-12-26(29)18-22/h4-5,7-15,17-19H,2-3,6,16,20-21H2,1H3. The summed E-state index contributed by atoms with van der Waals surface area (Å²) in [6, 6.07) is 26.2. The van der Waals surface area contributed by atoms with Gasteiger partial charge in [0.15, 0.2) is 0 Å². The zero-order chi connectivity index (χ0) is 22.3. The quantitative estimate of drug-likeness (QED) is 0.251. The first kappa shape index (κ1) is 22.2. The van der Waals surface area contributed by atoms with Crippen molar-refractivity contribution in [3.8, 4) is 0 Å². The summed E-state index contributed by atoms with van der Waals surface area (Å²) in [5, 5.41) is 2.98. The van der Waals surface area contributed by atoms with Gasteiger partial charge in [-0.2, -0.15) is 0 Å². The fourth-order valence-electron chi connectivity index (χ4n) is 4.08. The molecule has 0 N–H and O–H groups in total. The first-order valence-corrected chi connectivity index (χ1v) is 11.7. The Kier molecular flexibility index (Phi) is 7.28. The van der Waals surface area contributed by atoms with E-state index in [0.29, 0.717) is 6.54 Å². The lowest BCUT2D eigenvalue weighted by Gasteiger charge is -2.24. The van der Waals surface area contributed by atoms with Gasteiger partial charge >= 0.3 is 0 Å². The second kappa shape index (κ2) is 10.5. The van der Waals surface area contributed by atoms with Gasteiger partial charge in [-0.15, -0.1) is 0 Å². The van der Waals surface area contributed by atoms with E-state index < -0.39 is 0 Å². The van der Waals surface area contributed by atoms with E-state index in [1.165, 1.54) is 0 Å². The zero-order valence-corrected chi connectivity index (χ0v) is 19.3. The van der Waals surface area contributed by atoms with E-state index in [2.05, 4.69) is 42.0 Å². The van der Waals surface area contributed by atoms with Crippen molar-refractivity contribution < 1.29 is 4.79 Å². The molecule has 0 fully saturated rings. The van der Waals surface area contributed by atoms with E-state index in [4.69, 9.17) is 11.6 Å². The van der Waals surface area contributed by atoms with E-state index in [9.17, 15) is 4.79 Å². The summed E-state index contributed by atoms with van der Waals surface area (Å²) in [4.78, 5) is 15.5. The van der Waals surface area contributed by atoms with Crippen molar-refractivity contribution in [3.05, 3.63) is 107 Å². The van der Waals surface area contributed by atoms with Crippen LogP contribution in [0.15, 0.2) is 85.1 Å². The van der Waals surface area contributed by atoms with E-state index in [1.54, 1.807) is 0 Å². The second-order valence-electron chi connectivity index (χ2n) is 8.25. The minimum Gasteiger partial charge on any atom is -0.345 e. The average Bonchev–Trinajstić information content (AvgIpc) is 3.24. The number of fused-ring (bicyclic) bond motifs is 1. The fourth-order valence-corrected chi connectivity index (χ4v) is 4.30. The number of carbonyl (C=O) groups is 1. The number of amides is 1. The molecule has 0 saturated heterocycles. The Balaban J connectivity index is 1.56. The minimum absolute atomic E-state index is 0.0855. The summed E-state index contributed by atoms with van der Waals surface area (Å²) in [7, 11) is 0. The number of nitrogens with zero attached hydrogens (tertiary/aromatic N) is 2. The van der Waals surface area contributed by atoms with Crippen molar-refractivity contribution in [2.45, 2.75) is 39.3 Å². The lowest BCUT2D eigenvalue weighted by molar-refractivity contribution is 0.0736. The van der Waals surface area contributed by atoms with Crippen LogP contribution in [-0.2, 0) is 13.1 Å². The molecule has 32 heavy (non-hydrogen) atoms. The molecule has 0 unspecified atom stereocenters. The summed E-state index contributed by atoms with van der Waals surface area (Å²) in [5.41, 5.74) is 3.01. The maximum absolute atomic E-state index is 13.5. The number of halogens is 1. The van der Waals surface area contributed by atoms with Gasteiger partial charge in [-0.05, 0) is 59.2 Å². The third-order valence-electron chi connectivity index (χ3n) is 5.83. The summed E-state index contributed by atoms with van der Waals surface area (Å²) < 4.78 is 2.20. The van der Waals surface area contributed by atoms with Gasteiger partial charge in [0.05, 0.1) is 6.54 Å². The number of carbonyl (C=O) groups excluding carboxylic acids is 1. The van der Waals surface area contributed by atoms with Crippen LogP contribution in [0.1, 0.15) is 47.8 Å². The number of rotatable bonds is 9. The second-order valence-corrected chi connectivity index (χ2v) is 8.69. The summed E-state index contributed by atoms with van der Waals surface area (Å²) in [5.74, 6) is 0.0855. The molecule has 0 aliphatic rings. The molecule has 0 atom stereocenters. The minimum atomic E-state index is 0.0855. The van der Waals surface area contributed by atoms with Gasteiger partial charge in [-0.1, -0.05) is 73.8 Å². The molecule has 1 aromatic heterocycles. The molecule has 4 rings (SSSR count). The Morgan fingerprint density at radius 2 is 1.75 bits per heavy atom. The van der Waals surface area contributed by atoms with Crippen molar-refractivity contribution in [1.29, 1.82) is 0 Å². The van der Waals surface area contributed by atoms with Gasteiger partial charge in [0, 0.05) is 35.6 Å². The fraction of sp³-hybridized carbons (Fsp3) is 0.250. The Morgan fingerprint density at radius 1 is 0.906 bits per heavy atom. The number of hydrogen-bond acceptors (Lipinski definition) is 1. The lowest BCUT2D eigenvalue weighted by atomic mass is 10.1. The van der Waals surface area contributed by atoms with Gasteiger partial charge in [-0.25, -0.2) is 0 Å². The molecular weight excluding hydrogens is 416 g/mol. The Morgan fingerprint density at radius 3 is 2.56 bits per heavy atom. The van der Waals surface area contributed by atoms with Gasteiger partial charge in [0.2, 0.25) is 0 Å². The monoisotopic (exact) mass is 444 g/mol. The van der Waals surface area contributed by atoms with Crippen LogP contribution in [0.5, 0.6) is 0 Å². The smallest absolute Gasteiger partial charge is 0.254 e. The van der Waals surface area contributed by atoms with Crippen LogP contribution in [0.4, 0.5) is 0 Å². The molecule has 164 valence electrons. The van der Waals surface area contributed by atoms with Crippen molar-refractivity contribution in [2.75, 3.05) is 6.54 Å². The first-order chi connectivity index (χ1) is 15.6. The van der Waals surface area contributed by atoms with E-state index in [0.717, 1.165) is 65.0 Å². The molecule has 0 spiro atoms. The Hall–Kier alpha value is -3.04. The third-order valence-corrected chi connectivity index (χ3v) is 6.07. The van der Waals surface area contributed by atoms with Crippen molar-refractivity contribution in [3.63, 3.8) is 0 Å². The Labute approximate surface area is 195 Å². The molecule has 0 saturated carbocycles. The molecule has 3 nitrogen and oxygen atoms in total. The van der Waals surface area contributed by atoms with E-state index in [-0.39, 0.29) is 5.91 Å². The molecule has 0 radical (unpaired) electrons. The van der Waals surface area contributed by atoms with Crippen LogP contribution in [0.25, 0.3) is 10.8 Å². The normalized spacial score (nSPS) is 11.1. The highest BCUT2D eigenvalue weighted by Gasteiger charge is 2.18. The molecule has 4 heteroatoms. The van der Waals surface area contributed by atoms with Crippen LogP contribution in [0.2, 0.25) is 5.02 Å².